The van der Waals surface area contributed by atoms with Gasteiger partial charge in [0.1, 0.15) is 5.69 Å². The van der Waals surface area contributed by atoms with E-state index in [1.54, 1.807) is 29.6 Å². The molecule has 120 valence electrons. The summed E-state index contributed by atoms with van der Waals surface area (Å²) < 4.78 is 0. The normalized spacial score (nSPS) is 10.2. The summed E-state index contributed by atoms with van der Waals surface area (Å²) in [5, 5.41) is 7.47. The number of carbonyl (C=O) groups is 2. The second kappa shape index (κ2) is 7.06. The van der Waals surface area contributed by atoms with E-state index in [0.717, 1.165) is 5.56 Å². The zero-order chi connectivity index (χ0) is 16.9. The predicted octanol–water partition coefficient (Wildman–Crippen LogP) is 3.96. The van der Waals surface area contributed by atoms with Gasteiger partial charge in [-0.15, -0.1) is 11.3 Å². The molecule has 0 spiro atoms. The van der Waals surface area contributed by atoms with Gasteiger partial charge in [0.05, 0.1) is 0 Å². The first-order valence-corrected chi connectivity index (χ1v) is 8.20. The van der Waals surface area contributed by atoms with Crippen LogP contribution in [0.15, 0.2) is 60.0 Å². The first kappa shape index (κ1) is 15.9. The molecule has 3 aromatic rings. The van der Waals surface area contributed by atoms with Crippen LogP contribution in [-0.4, -0.2) is 16.8 Å². The summed E-state index contributed by atoms with van der Waals surface area (Å²) in [4.78, 5) is 28.4. The van der Waals surface area contributed by atoms with Crippen LogP contribution in [-0.2, 0) is 0 Å². The Morgan fingerprint density at radius 3 is 2.33 bits per heavy atom. The van der Waals surface area contributed by atoms with E-state index in [1.165, 1.54) is 11.3 Å². The number of hydrogen-bond acceptors (Lipinski definition) is 4. The third kappa shape index (κ3) is 3.85. The van der Waals surface area contributed by atoms with E-state index in [1.807, 2.05) is 37.3 Å². The summed E-state index contributed by atoms with van der Waals surface area (Å²) in [5.41, 5.74) is 2.63. The van der Waals surface area contributed by atoms with Crippen molar-refractivity contribution in [2.75, 3.05) is 10.6 Å². The molecule has 0 aliphatic rings. The number of rotatable bonds is 4. The van der Waals surface area contributed by atoms with Gasteiger partial charge in [0, 0.05) is 16.6 Å². The van der Waals surface area contributed by atoms with Crippen LogP contribution in [0.3, 0.4) is 0 Å². The van der Waals surface area contributed by atoms with Crippen LogP contribution in [0.2, 0.25) is 0 Å². The summed E-state index contributed by atoms with van der Waals surface area (Å²) in [6.07, 6.45) is 0. The molecule has 0 unspecified atom stereocenters. The lowest BCUT2D eigenvalue weighted by Gasteiger charge is -2.03. The van der Waals surface area contributed by atoms with Gasteiger partial charge < -0.3 is 5.32 Å². The molecular weight excluding hydrogens is 322 g/mol. The van der Waals surface area contributed by atoms with Crippen LogP contribution < -0.4 is 10.6 Å². The minimum absolute atomic E-state index is 0.254. The van der Waals surface area contributed by atoms with Crippen LogP contribution in [0, 0.1) is 6.92 Å². The molecule has 1 aromatic heterocycles. The largest absolute Gasteiger partial charge is 0.321 e. The number of nitrogens with one attached hydrogen (secondary N) is 2. The van der Waals surface area contributed by atoms with Crippen LogP contribution in [0.4, 0.5) is 10.8 Å². The van der Waals surface area contributed by atoms with Crippen LogP contribution >= 0.6 is 11.3 Å². The van der Waals surface area contributed by atoms with Gasteiger partial charge in [-0.25, -0.2) is 4.98 Å². The Balaban J connectivity index is 1.65. The Morgan fingerprint density at radius 1 is 0.917 bits per heavy atom. The number of nitrogens with zero attached hydrogens (tertiary/aromatic N) is 1. The molecule has 24 heavy (non-hydrogen) atoms. The second-order valence-corrected chi connectivity index (χ2v) is 6.04. The van der Waals surface area contributed by atoms with Gasteiger partial charge in [0.2, 0.25) is 0 Å². The zero-order valence-corrected chi connectivity index (χ0v) is 13.8. The number of aryl methyl sites for hydroxylation is 1. The summed E-state index contributed by atoms with van der Waals surface area (Å²) in [5.74, 6) is -0.564. The number of aromatic nitrogens is 1. The van der Waals surface area contributed by atoms with E-state index in [9.17, 15) is 9.59 Å². The van der Waals surface area contributed by atoms with Crippen molar-refractivity contribution in [3.63, 3.8) is 0 Å². The van der Waals surface area contributed by atoms with E-state index < -0.39 is 0 Å². The maximum absolute atomic E-state index is 12.2. The first-order chi connectivity index (χ1) is 11.6. The van der Waals surface area contributed by atoms with Gasteiger partial charge >= 0.3 is 0 Å². The molecule has 0 atom stereocenters. The topological polar surface area (TPSA) is 71.1 Å². The highest BCUT2D eigenvalue weighted by atomic mass is 32.1. The summed E-state index contributed by atoms with van der Waals surface area (Å²) in [6.45, 7) is 1.98. The fourth-order valence-electron chi connectivity index (χ4n) is 2.03. The smallest absolute Gasteiger partial charge is 0.275 e. The lowest BCUT2D eigenvalue weighted by atomic mass is 10.2. The Labute approximate surface area is 143 Å². The van der Waals surface area contributed by atoms with Gasteiger partial charge in [0.15, 0.2) is 5.13 Å². The van der Waals surface area contributed by atoms with Crippen molar-refractivity contribution < 1.29 is 9.59 Å². The van der Waals surface area contributed by atoms with Gasteiger partial charge in [-0.1, -0.05) is 35.9 Å². The molecule has 1 heterocycles. The lowest BCUT2D eigenvalue weighted by molar-refractivity contribution is 0.101. The van der Waals surface area contributed by atoms with E-state index in [0.29, 0.717) is 16.4 Å². The molecule has 5 nitrogen and oxygen atoms in total. The van der Waals surface area contributed by atoms with E-state index in [4.69, 9.17) is 0 Å². The molecule has 0 fully saturated rings. The number of amides is 2. The molecule has 0 aliphatic heterocycles. The Morgan fingerprint density at radius 2 is 1.62 bits per heavy atom. The standard InChI is InChI=1S/C18H15N3O2S/c1-12-7-9-14(10-8-12)19-17(23)15-11-24-18(20-15)21-16(22)13-5-3-2-4-6-13/h2-11H,1H3,(H,19,23)(H,20,21,22). The van der Waals surface area contributed by atoms with E-state index in [2.05, 4.69) is 15.6 Å². The second-order valence-electron chi connectivity index (χ2n) is 5.18. The average Bonchev–Trinajstić information content (AvgIpc) is 3.06. The van der Waals surface area contributed by atoms with Crippen molar-refractivity contribution in [2.45, 2.75) is 6.92 Å². The Kier molecular flexibility index (Phi) is 4.67. The molecule has 3 rings (SSSR count). The molecule has 0 aliphatic carbocycles. The fourth-order valence-corrected chi connectivity index (χ4v) is 2.71. The maximum atomic E-state index is 12.2. The highest BCUT2D eigenvalue weighted by Gasteiger charge is 2.13. The molecule has 6 heteroatoms. The molecule has 2 amide bonds. The van der Waals surface area contributed by atoms with Crippen LogP contribution in [0.25, 0.3) is 0 Å². The maximum Gasteiger partial charge on any atom is 0.275 e. The molecule has 2 aromatic carbocycles. The van der Waals surface area contributed by atoms with E-state index in [-0.39, 0.29) is 17.5 Å². The number of hydrogen-bond donors (Lipinski definition) is 2. The minimum Gasteiger partial charge on any atom is -0.321 e. The zero-order valence-electron chi connectivity index (χ0n) is 12.9. The predicted molar refractivity (Wildman–Crippen MR) is 95.6 cm³/mol. The quantitative estimate of drug-likeness (QED) is 0.757. The summed E-state index contributed by atoms with van der Waals surface area (Å²) >= 11 is 1.21. The van der Waals surface area contributed by atoms with Crippen molar-refractivity contribution in [1.29, 1.82) is 0 Å². The summed E-state index contributed by atoms with van der Waals surface area (Å²) in [6, 6.07) is 16.4. The number of anilines is 2. The van der Waals surface area contributed by atoms with Gasteiger partial charge in [0.25, 0.3) is 11.8 Å². The molecule has 0 saturated carbocycles. The van der Waals surface area contributed by atoms with Crippen molar-refractivity contribution in [3.8, 4) is 0 Å². The first-order valence-electron chi connectivity index (χ1n) is 7.32. The van der Waals surface area contributed by atoms with E-state index >= 15 is 0 Å². The van der Waals surface area contributed by atoms with Crippen LogP contribution in [0.1, 0.15) is 26.4 Å². The Bertz CT molecular complexity index is 857. The SMILES string of the molecule is Cc1ccc(NC(=O)c2csc(NC(=O)c3ccccc3)n2)cc1. The van der Waals surface area contributed by atoms with Crippen LogP contribution in [0.5, 0.6) is 0 Å². The minimum atomic E-state index is -0.310. The highest BCUT2D eigenvalue weighted by molar-refractivity contribution is 7.14. The fraction of sp³-hybridized carbons (Fsp3) is 0.0556. The molecule has 0 radical (unpaired) electrons. The third-order valence-electron chi connectivity index (χ3n) is 3.30. The monoisotopic (exact) mass is 337 g/mol. The van der Waals surface area contributed by atoms with Crippen molar-refractivity contribution in [1.82, 2.24) is 4.98 Å². The van der Waals surface area contributed by atoms with Crippen molar-refractivity contribution in [3.05, 3.63) is 76.8 Å². The molecule has 0 saturated heterocycles. The molecule has 0 bridgehead atoms. The van der Waals surface area contributed by atoms with Gasteiger partial charge in [-0.2, -0.15) is 0 Å². The number of benzene rings is 2. The summed E-state index contributed by atoms with van der Waals surface area (Å²) in [7, 11) is 0. The number of thiazole rings is 1. The van der Waals surface area contributed by atoms with Crippen molar-refractivity contribution >= 4 is 34.0 Å². The average molecular weight is 337 g/mol. The Hall–Kier alpha value is -2.99. The highest BCUT2D eigenvalue weighted by Crippen LogP contribution is 2.18. The number of carbonyl (C=O) groups excluding carboxylic acids is 2. The molecular formula is C18H15N3O2S. The van der Waals surface area contributed by atoms with Gasteiger partial charge in [-0.05, 0) is 31.2 Å². The van der Waals surface area contributed by atoms with Crippen molar-refractivity contribution in [2.24, 2.45) is 0 Å². The lowest BCUT2D eigenvalue weighted by Crippen LogP contribution is -2.14. The van der Waals surface area contributed by atoms with Gasteiger partial charge in [-0.3, -0.25) is 14.9 Å². The third-order valence-corrected chi connectivity index (χ3v) is 4.06. The molecule has 2 N–H and O–H groups in total.